The molecule has 0 aromatic rings. The van der Waals surface area contributed by atoms with Gasteiger partial charge in [-0.25, -0.2) is 0 Å². The Morgan fingerprint density at radius 1 is 1.23 bits per heavy atom. The van der Waals surface area contributed by atoms with Gasteiger partial charge in [-0.2, -0.15) is 0 Å². The molecule has 1 fully saturated rings. The number of rotatable bonds is 1. The summed E-state index contributed by atoms with van der Waals surface area (Å²) in [5.74, 6) is 2.94. The number of nitrogens with zero attached hydrogens (tertiary/aromatic N) is 1. The van der Waals surface area contributed by atoms with E-state index in [2.05, 4.69) is 45.0 Å². The summed E-state index contributed by atoms with van der Waals surface area (Å²) in [5, 5.41) is 0. The molecule has 3 rings (SSSR count). The lowest BCUT2D eigenvalue weighted by atomic mass is 9.62. The Kier molecular flexibility index (Phi) is 2.05. The van der Waals surface area contributed by atoms with Gasteiger partial charge in [0.2, 0.25) is 0 Å². The molecule has 0 radical (unpaired) electrons. The molecule has 0 spiro atoms. The molecule has 0 saturated heterocycles. The first-order valence-corrected chi connectivity index (χ1v) is 5.36. The predicted molar refractivity (Wildman–Crippen MR) is 57.0 cm³/mol. The van der Waals surface area contributed by atoms with Gasteiger partial charge in [0.15, 0.2) is 0 Å². The number of aliphatic imine (C=N–C) groups is 1. The van der Waals surface area contributed by atoms with E-state index in [9.17, 15) is 0 Å². The molecule has 1 saturated carbocycles. The molecular formula is C12H19N. The zero-order valence-electron chi connectivity index (χ0n) is 8.99. The zero-order valence-corrected chi connectivity index (χ0v) is 8.99. The number of hydrogen-bond acceptors (Lipinski definition) is 1. The minimum absolute atomic E-state index is 0.595. The van der Waals surface area contributed by atoms with Gasteiger partial charge in [-0.3, -0.25) is 4.99 Å². The summed E-state index contributed by atoms with van der Waals surface area (Å²) in [5.41, 5.74) is 1.43. The van der Waals surface area contributed by atoms with Crippen molar-refractivity contribution in [3.63, 3.8) is 0 Å². The van der Waals surface area contributed by atoms with Gasteiger partial charge in [0.25, 0.3) is 0 Å². The topological polar surface area (TPSA) is 12.4 Å². The number of hydrogen-bond donors (Lipinski definition) is 0. The molecule has 2 bridgehead atoms. The van der Waals surface area contributed by atoms with Gasteiger partial charge < -0.3 is 0 Å². The van der Waals surface area contributed by atoms with Crippen LogP contribution < -0.4 is 0 Å². The molecule has 2 heterocycles. The van der Waals surface area contributed by atoms with E-state index in [-0.39, 0.29) is 0 Å². The van der Waals surface area contributed by atoms with Crippen molar-refractivity contribution in [1.82, 2.24) is 0 Å². The van der Waals surface area contributed by atoms with E-state index >= 15 is 0 Å². The molecule has 0 amide bonds. The van der Waals surface area contributed by atoms with Crippen LogP contribution in [0.2, 0.25) is 0 Å². The summed E-state index contributed by atoms with van der Waals surface area (Å²) < 4.78 is 0. The Morgan fingerprint density at radius 2 is 1.85 bits per heavy atom. The highest BCUT2D eigenvalue weighted by atomic mass is 14.9. The maximum absolute atomic E-state index is 4.66. The molecule has 72 valence electrons. The normalized spacial score (nSPS) is 42.7. The molecule has 2 atom stereocenters. The van der Waals surface area contributed by atoms with Gasteiger partial charge in [-0.05, 0) is 29.2 Å². The van der Waals surface area contributed by atoms with E-state index < -0.39 is 0 Å². The highest BCUT2D eigenvalue weighted by Gasteiger charge is 2.44. The van der Waals surface area contributed by atoms with E-state index in [0.717, 1.165) is 17.8 Å². The molecule has 3 aliphatic rings. The molecule has 1 heteroatoms. The lowest BCUT2D eigenvalue weighted by Crippen LogP contribution is -2.45. The van der Waals surface area contributed by atoms with Crippen molar-refractivity contribution in [2.45, 2.75) is 33.7 Å². The van der Waals surface area contributed by atoms with E-state index in [1.807, 2.05) is 0 Å². The highest BCUT2D eigenvalue weighted by molar-refractivity contribution is 5.80. The Bertz CT molecular complexity index is 252. The fraction of sp³-hybridized carbons (Fsp3) is 0.750. The molecule has 13 heavy (non-hydrogen) atoms. The predicted octanol–water partition coefficient (Wildman–Crippen LogP) is 2.92. The van der Waals surface area contributed by atoms with Crippen LogP contribution in [0.5, 0.6) is 0 Å². The van der Waals surface area contributed by atoms with Crippen LogP contribution in [-0.4, -0.2) is 12.3 Å². The summed E-state index contributed by atoms with van der Waals surface area (Å²) in [6, 6.07) is 0.595. The number of allylic oxidation sites excluding steroid dienone is 2. The van der Waals surface area contributed by atoms with Crippen molar-refractivity contribution in [3.05, 3.63) is 11.6 Å². The third-order valence-electron chi connectivity index (χ3n) is 3.74. The van der Waals surface area contributed by atoms with Gasteiger partial charge >= 0.3 is 0 Å². The minimum atomic E-state index is 0.595. The Hall–Kier alpha value is -0.590. The standard InChI is InChI=1S/C12H19N/c1-7(2)10-5-11-8(3)12(9(11)4)13-6-10/h5-9,11-12H,1-4H3. The Morgan fingerprint density at radius 3 is 2.38 bits per heavy atom. The minimum Gasteiger partial charge on any atom is -0.289 e. The average Bonchev–Trinajstić information content (AvgIpc) is 2.35. The quantitative estimate of drug-likeness (QED) is 0.584. The largest absolute Gasteiger partial charge is 0.289 e. The molecule has 2 aliphatic heterocycles. The summed E-state index contributed by atoms with van der Waals surface area (Å²) in [6.45, 7) is 9.14. The van der Waals surface area contributed by atoms with Gasteiger partial charge in [0.1, 0.15) is 0 Å². The maximum atomic E-state index is 4.66. The summed E-state index contributed by atoms with van der Waals surface area (Å²) in [4.78, 5) is 4.66. The fourth-order valence-electron chi connectivity index (χ4n) is 2.62. The lowest BCUT2D eigenvalue weighted by Gasteiger charge is -2.44. The first-order valence-electron chi connectivity index (χ1n) is 5.36. The van der Waals surface area contributed by atoms with Crippen LogP contribution >= 0.6 is 0 Å². The first kappa shape index (κ1) is 8.98. The molecule has 2 unspecified atom stereocenters. The van der Waals surface area contributed by atoms with Crippen LogP contribution in [0.25, 0.3) is 0 Å². The summed E-state index contributed by atoms with van der Waals surface area (Å²) in [6.07, 6.45) is 4.56. The monoisotopic (exact) mass is 177 g/mol. The lowest BCUT2D eigenvalue weighted by molar-refractivity contribution is 0.108. The van der Waals surface area contributed by atoms with Gasteiger partial charge in [0, 0.05) is 6.21 Å². The second-order valence-corrected chi connectivity index (χ2v) is 4.89. The maximum Gasteiger partial charge on any atom is 0.0562 e. The van der Waals surface area contributed by atoms with Gasteiger partial charge in [0.05, 0.1) is 6.04 Å². The second-order valence-electron chi connectivity index (χ2n) is 4.89. The summed E-state index contributed by atoms with van der Waals surface area (Å²) >= 11 is 0. The van der Waals surface area contributed by atoms with Crippen LogP contribution in [0, 0.1) is 23.7 Å². The molecular weight excluding hydrogens is 158 g/mol. The van der Waals surface area contributed by atoms with Crippen molar-refractivity contribution in [2.24, 2.45) is 28.7 Å². The van der Waals surface area contributed by atoms with Crippen molar-refractivity contribution in [1.29, 1.82) is 0 Å². The van der Waals surface area contributed by atoms with Crippen LogP contribution in [-0.2, 0) is 0 Å². The average molecular weight is 177 g/mol. The van der Waals surface area contributed by atoms with E-state index in [4.69, 9.17) is 0 Å². The third kappa shape index (κ3) is 1.25. The second kappa shape index (κ2) is 2.97. The van der Waals surface area contributed by atoms with Crippen LogP contribution in [0.3, 0.4) is 0 Å². The Labute approximate surface area is 80.9 Å². The van der Waals surface area contributed by atoms with Crippen LogP contribution in [0.4, 0.5) is 0 Å². The van der Waals surface area contributed by atoms with Gasteiger partial charge in [-0.1, -0.05) is 33.8 Å². The van der Waals surface area contributed by atoms with Crippen molar-refractivity contribution >= 4 is 6.21 Å². The van der Waals surface area contributed by atoms with Gasteiger partial charge in [-0.15, -0.1) is 0 Å². The zero-order chi connectivity index (χ0) is 9.59. The van der Waals surface area contributed by atoms with E-state index in [0.29, 0.717) is 12.0 Å². The Balaban J connectivity index is 2.26. The van der Waals surface area contributed by atoms with Crippen molar-refractivity contribution < 1.29 is 0 Å². The fourth-order valence-corrected chi connectivity index (χ4v) is 2.62. The van der Waals surface area contributed by atoms with Crippen LogP contribution in [0.15, 0.2) is 16.6 Å². The van der Waals surface area contributed by atoms with Crippen LogP contribution in [0.1, 0.15) is 27.7 Å². The third-order valence-corrected chi connectivity index (χ3v) is 3.74. The molecule has 0 N–H and O–H groups in total. The summed E-state index contributed by atoms with van der Waals surface area (Å²) in [7, 11) is 0. The molecule has 1 nitrogen and oxygen atoms in total. The van der Waals surface area contributed by atoms with E-state index in [1.165, 1.54) is 5.57 Å². The van der Waals surface area contributed by atoms with Crippen molar-refractivity contribution in [3.8, 4) is 0 Å². The SMILES string of the molecule is CC(C)C1=CC2C(C)C(N=C1)C2C. The highest BCUT2D eigenvalue weighted by Crippen LogP contribution is 2.45. The van der Waals surface area contributed by atoms with E-state index in [1.54, 1.807) is 0 Å². The molecule has 0 aromatic carbocycles. The number of fused-ring (bicyclic) bond motifs is 1. The smallest absolute Gasteiger partial charge is 0.0562 e. The molecule has 0 aromatic heterocycles. The van der Waals surface area contributed by atoms with Crippen molar-refractivity contribution in [2.75, 3.05) is 0 Å². The first-order chi connectivity index (χ1) is 6.11. The molecule has 1 aliphatic carbocycles.